The highest BCUT2D eigenvalue weighted by atomic mass is 32.2. The van der Waals surface area contributed by atoms with Crippen LogP contribution < -0.4 is 5.32 Å². The summed E-state index contributed by atoms with van der Waals surface area (Å²) < 4.78 is 26.7. The summed E-state index contributed by atoms with van der Waals surface area (Å²) in [7, 11) is -3.45. The van der Waals surface area contributed by atoms with E-state index in [1.807, 2.05) is 36.4 Å². The van der Waals surface area contributed by atoms with Crippen LogP contribution in [0.3, 0.4) is 0 Å². The number of nitrogens with zero attached hydrogens (tertiary/aromatic N) is 3. The Kier molecular flexibility index (Phi) is 7.19. The smallest absolute Gasteiger partial charge is 0.243 e. The number of thioether (sulfide) groups is 1. The largest absolute Gasteiger partial charge is 0.326 e. The monoisotopic (exact) mass is 468 g/mol. The number of amides is 1. The van der Waals surface area contributed by atoms with Gasteiger partial charge in [-0.15, -0.1) is 11.8 Å². The third kappa shape index (κ3) is 5.53. The maximum absolute atomic E-state index is 12.6. The van der Waals surface area contributed by atoms with Crippen LogP contribution >= 0.6 is 11.8 Å². The molecule has 0 spiro atoms. The first kappa shape index (κ1) is 22.4. The van der Waals surface area contributed by atoms with E-state index in [2.05, 4.69) is 15.3 Å². The van der Waals surface area contributed by atoms with Gasteiger partial charge in [-0.05, 0) is 43.2 Å². The highest BCUT2D eigenvalue weighted by molar-refractivity contribution is 7.99. The van der Waals surface area contributed by atoms with E-state index in [1.54, 1.807) is 24.3 Å². The standard InChI is InChI=1S/C23H24N4O3S2/c28-22(12-15-31-23-16-21(24-17-25-23)18-6-2-1-3-7-18)26-19-8-10-20(11-9-19)32(29,30)27-13-4-5-14-27/h1-3,6-11,16-17H,4-5,12-15H2,(H,26,28). The molecule has 0 unspecified atom stereocenters. The number of benzene rings is 2. The molecule has 32 heavy (non-hydrogen) atoms. The van der Waals surface area contributed by atoms with E-state index < -0.39 is 10.0 Å². The molecular weight excluding hydrogens is 444 g/mol. The average molecular weight is 469 g/mol. The van der Waals surface area contributed by atoms with Crippen molar-refractivity contribution in [2.75, 3.05) is 24.2 Å². The summed E-state index contributed by atoms with van der Waals surface area (Å²) in [4.78, 5) is 21.1. The second kappa shape index (κ2) is 10.2. The van der Waals surface area contributed by atoms with Crippen LogP contribution in [0.2, 0.25) is 0 Å². The Balaban J connectivity index is 1.28. The minimum Gasteiger partial charge on any atom is -0.326 e. The van der Waals surface area contributed by atoms with Crippen molar-refractivity contribution in [2.24, 2.45) is 0 Å². The van der Waals surface area contributed by atoms with E-state index in [0.717, 1.165) is 29.1 Å². The molecule has 3 aromatic rings. The fourth-order valence-corrected chi connectivity index (χ4v) is 5.78. The van der Waals surface area contributed by atoms with Crippen molar-refractivity contribution in [3.63, 3.8) is 0 Å². The lowest BCUT2D eigenvalue weighted by molar-refractivity contribution is -0.115. The van der Waals surface area contributed by atoms with Gasteiger partial charge >= 0.3 is 0 Å². The number of sulfonamides is 1. The lowest BCUT2D eigenvalue weighted by atomic mass is 10.1. The first-order valence-corrected chi connectivity index (χ1v) is 12.9. The highest BCUT2D eigenvalue weighted by Gasteiger charge is 2.26. The zero-order chi connectivity index (χ0) is 22.4. The molecule has 0 bridgehead atoms. The van der Waals surface area contributed by atoms with E-state index in [1.165, 1.54) is 22.4 Å². The molecule has 0 radical (unpaired) electrons. The molecule has 1 aliphatic rings. The molecule has 1 aliphatic heterocycles. The Morgan fingerprint density at radius 1 is 1.00 bits per heavy atom. The number of hydrogen-bond donors (Lipinski definition) is 1. The Bertz CT molecular complexity index is 1160. The molecule has 1 aromatic heterocycles. The summed E-state index contributed by atoms with van der Waals surface area (Å²) in [5.74, 6) is 0.434. The summed E-state index contributed by atoms with van der Waals surface area (Å²) in [5.41, 5.74) is 2.44. The predicted octanol–water partition coefficient (Wildman–Crippen LogP) is 4.05. The predicted molar refractivity (Wildman–Crippen MR) is 126 cm³/mol. The van der Waals surface area contributed by atoms with E-state index in [4.69, 9.17) is 0 Å². The van der Waals surface area contributed by atoms with Crippen molar-refractivity contribution in [1.29, 1.82) is 0 Å². The van der Waals surface area contributed by atoms with Gasteiger partial charge in [0.05, 0.1) is 15.6 Å². The molecule has 1 saturated heterocycles. The summed E-state index contributed by atoms with van der Waals surface area (Å²) in [6.07, 6.45) is 3.63. The third-order valence-corrected chi connectivity index (χ3v) is 7.97. The maximum Gasteiger partial charge on any atom is 0.243 e. The van der Waals surface area contributed by atoms with Crippen molar-refractivity contribution in [2.45, 2.75) is 29.2 Å². The Morgan fingerprint density at radius 2 is 1.72 bits per heavy atom. The minimum absolute atomic E-state index is 0.134. The molecule has 9 heteroatoms. The summed E-state index contributed by atoms with van der Waals surface area (Å²) in [6.45, 7) is 1.13. The second-order valence-electron chi connectivity index (χ2n) is 7.39. The Morgan fingerprint density at radius 3 is 2.44 bits per heavy atom. The summed E-state index contributed by atoms with van der Waals surface area (Å²) in [6, 6.07) is 18.1. The van der Waals surface area contributed by atoms with Crippen LogP contribution in [-0.2, 0) is 14.8 Å². The van der Waals surface area contributed by atoms with Crippen LogP contribution in [0.1, 0.15) is 19.3 Å². The molecule has 2 heterocycles. The number of anilines is 1. The number of nitrogens with one attached hydrogen (secondary N) is 1. The van der Waals surface area contributed by atoms with Crippen molar-refractivity contribution >= 4 is 33.4 Å². The van der Waals surface area contributed by atoms with Crippen LogP contribution in [0.15, 0.2) is 76.9 Å². The van der Waals surface area contributed by atoms with E-state index in [9.17, 15) is 13.2 Å². The van der Waals surface area contributed by atoms with Crippen molar-refractivity contribution in [3.8, 4) is 11.3 Å². The van der Waals surface area contributed by atoms with Gasteiger partial charge in [0.25, 0.3) is 0 Å². The Labute approximate surface area is 192 Å². The molecule has 1 fully saturated rings. The van der Waals surface area contributed by atoms with Crippen LogP contribution in [0.5, 0.6) is 0 Å². The van der Waals surface area contributed by atoms with Crippen LogP contribution in [0, 0.1) is 0 Å². The first-order chi connectivity index (χ1) is 15.5. The van der Waals surface area contributed by atoms with Gasteiger partial charge in [0.2, 0.25) is 15.9 Å². The van der Waals surface area contributed by atoms with E-state index in [0.29, 0.717) is 31.0 Å². The SMILES string of the molecule is O=C(CCSc1cc(-c2ccccc2)ncn1)Nc1ccc(S(=O)(=O)N2CCCC2)cc1. The third-order valence-electron chi connectivity index (χ3n) is 5.13. The van der Waals surface area contributed by atoms with Gasteiger partial charge in [0, 0.05) is 36.5 Å². The highest BCUT2D eigenvalue weighted by Crippen LogP contribution is 2.24. The van der Waals surface area contributed by atoms with Gasteiger partial charge in [-0.1, -0.05) is 30.3 Å². The van der Waals surface area contributed by atoms with Gasteiger partial charge in [-0.3, -0.25) is 4.79 Å². The average Bonchev–Trinajstić information content (AvgIpc) is 3.36. The number of rotatable bonds is 8. The van der Waals surface area contributed by atoms with Crippen molar-refractivity contribution in [1.82, 2.24) is 14.3 Å². The van der Waals surface area contributed by atoms with E-state index >= 15 is 0 Å². The van der Waals surface area contributed by atoms with Gasteiger partial charge < -0.3 is 5.32 Å². The van der Waals surface area contributed by atoms with Gasteiger partial charge in [-0.2, -0.15) is 4.31 Å². The summed E-state index contributed by atoms with van der Waals surface area (Å²) in [5, 5.41) is 3.63. The van der Waals surface area contributed by atoms with Crippen molar-refractivity contribution in [3.05, 3.63) is 67.0 Å². The van der Waals surface area contributed by atoms with E-state index in [-0.39, 0.29) is 10.8 Å². The van der Waals surface area contributed by atoms with Gasteiger partial charge in [0.1, 0.15) is 6.33 Å². The number of hydrogen-bond acceptors (Lipinski definition) is 6. The molecular formula is C23H24N4O3S2. The molecule has 2 aromatic carbocycles. The van der Waals surface area contributed by atoms with Crippen LogP contribution in [0.25, 0.3) is 11.3 Å². The normalized spacial score (nSPS) is 14.4. The lowest BCUT2D eigenvalue weighted by Gasteiger charge is -2.15. The fraction of sp³-hybridized carbons (Fsp3) is 0.261. The lowest BCUT2D eigenvalue weighted by Crippen LogP contribution is -2.27. The zero-order valence-corrected chi connectivity index (χ0v) is 19.1. The molecule has 0 atom stereocenters. The molecule has 1 N–H and O–H groups in total. The van der Waals surface area contributed by atoms with Gasteiger partial charge in [-0.25, -0.2) is 18.4 Å². The molecule has 0 aliphatic carbocycles. The fourth-order valence-electron chi connectivity index (χ4n) is 3.44. The Hall–Kier alpha value is -2.75. The minimum atomic E-state index is -3.45. The molecule has 0 saturated carbocycles. The number of aromatic nitrogens is 2. The summed E-state index contributed by atoms with van der Waals surface area (Å²) >= 11 is 1.49. The van der Waals surface area contributed by atoms with Crippen LogP contribution in [-0.4, -0.2) is 47.4 Å². The topological polar surface area (TPSA) is 92.3 Å². The maximum atomic E-state index is 12.6. The number of carbonyl (C=O) groups excluding carboxylic acids is 1. The molecule has 7 nitrogen and oxygen atoms in total. The van der Waals surface area contributed by atoms with Crippen LogP contribution in [0.4, 0.5) is 5.69 Å². The van der Waals surface area contributed by atoms with Gasteiger partial charge in [0.15, 0.2) is 0 Å². The second-order valence-corrected chi connectivity index (χ2v) is 10.4. The molecule has 1 amide bonds. The number of carbonyl (C=O) groups is 1. The molecule has 166 valence electrons. The molecule has 4 rings (SSSR count). The van der Waals surface area contributed by atoms with Crippen molar-refractivity contribution < 1.29 is 13.2 Å². The quantitative estimate of drug-likeness (QED) is 0.396. The zero-order valence-electron chi connectivity index (χ0n) is 17.5. The first-order valence-electron chi connectivity index (χ1n) is 10.4.